The zero-order valence-corrected chi connectivity index (χ0v) is 15.8. The molecule has 1 spiro atoms. The van der Waals surface area contributed by atoms with E-state index in [9.17, 15) is 9.59 Å². The topological polar surface area (TPSA) is 76.0 Å². The lowest BCUT2D eigenvalue weighted by atomic mass is 9.89. The van der Waals surface area contributed by atoms with Crippen LogP contribution in [-0.2, 0) is 5.66 Å². The third-order valence-electron chi connectivity index (χ3n) is 5.98. The van der Waals surface area contributed by atoms with Gasteiger partial charge in [-0.25, -0.2) is 0 Å². The number of carbonyl (C=O) groups is 1. The Balaban J connectivity index is 1.66. The van der Waals surface area contributed by atoms with Gasteiger partial charge in [0.05, 0.1) is 5.52 Å². The first-order valence-corrected chi connectivity index (χ1v) is 9.79. The van der Waals surface area contributed by atoms with Crippen molar-refractivity contribution in [1.29, 1.82) is 0 Å². The molecule has 6 nitrogen and oxygen atoms in total. The quantitative estimate of drug-likeness (QED) is 0.715. The highest BCUT2D eigenvalue weighted by molar-refractivity contribution is 5.97. The highest BCUT2D eigenvalue weighted by atomic mass is 16.2. The Morgan fingerprint density at radius 1 is 1.07 bits per heavy atom. The minimum atomic E-state index is -0.579. The Morgan fingerprint density at radius 2 is 1.86 bits per heavy atom. The number of hydrogen-bond acceptors (Lipinski definition) is 4. The van der Waals surface area contributed by atoms with Gasteiger partial charge in [0.15, 0.2) is 0 Å². The summed E-state index contributed by atoms with van der Waals surface area (Å²) in [5.74, 6) is -0.141. The predicted octanol–water partition coefficient (Wildman–Crippen LogP) is 3.81. The summed E-state index contributed by atoms with van der Waals surface area (Å²) >= 11 is 0. The summed E-state index contributed by atoms with van der Waals surface area (Å²) in [5, 5.41) is 7.39. The highest BCUT2D eigenvalue weighted by Crippen LogP contribution is 2.37. The minimum Gasteiger partial charge on any atom is -0.350 e. The smallest absolute Gasteiger partial charge is 0.276 e. The molecular formula is C22H22N4O2. The van der Waals surface area contributed by atoms with E-state index < -0.39 is 5.66 Å². The number of rotatable bonds is 2. The molecule has 0 saturated heterocycles. The SMILES string of the molecule is Cc1cc(Nc2ccnc3ccccc23)c(=O)n2c1C(=O)NC21CCCCC1. The van der Waals surface area contributed by atoms with Crippen molar-refractivity contribution in [1.82, 2.24) is 14.9 Å². The zero-order valence-electron chi connectivity index (χ0n) is 15.8. The van der Waals surface area contributed by atoms with E-state index in [2.05, 4.69) is 15.6 Å². The van der Waals surface area contributed by atoms with Crippen LogP contribution in [0.2, 0.25) is 0 Å². The van der Waals surface area contributed by atoms with E-state index in [0.29, 0.717) is 11.4 Å². The van der Waals surface area contributed by atoms with Crippen LogP contribution in [-0.4, -0.2) is 15.5 Å². The van der Waals surface area contributed by atoms with Gasteiger partial charge < -0.3 is 10.6 Å². The molecule has 1 aromatic carbocycles. The van der Waals surface area contributed by atoms with Gasteiger partial charge in [0.1, 0.15) is 17.0 Å². The maximum absolute atomic E-state index is 13.5. The van der Waals surface area contributed by atoms with Gasteiger partial charge in [0, 0.05) is 17.3 Å². The highest BCUT2D eigenvalue weighted by Gasteiger charge is 2.45. The van der Waals surface area contributed by atoms with Crippen molar-refractivity contribution in [3.63, 3.8) is 0 Å². The number of benzene rings is 1. The van der Waals surface area contributed by atoms with E-state index in [-0.39, 0.29) is 11.5 Å². The van der Waals surface area contributed by atoms with Crippen molar-refractivity contribution in [2.45, 2.75) is 44.7 Å². The largest absolute Gasteiger partial charge is 0.350 e. The van der Waals surface area contributed by atoms with Gasteiger partial charge >= 0.3 is 0 Å². The van der Waals surface area contributed by atoms with Crippen molar-refractivity contribution in [3.8, 4) is 0 Å². The first kappa shape index (κ1) is 17.0. The normalized spacial score (nSPS) is 17.5. The summed E-state index contributed by atoms with van der Waals surface area (Å²) in [6.45, 7) is 1.89. The van der Waals surface area contributed by atoms with E-state index in [1.807, 2.05) is 37.3 Å². The number of para-hydroxylation sites is 1. The molecule has 2 aliphatic rings. The third kappa shape index (κ3) is 2.44. The number of amides is 1. The van der Waals surface area contributed by atoms with Gasteiger partial charge in [0.25, 0.3) is 11.5 Å². The first-order valence-electron chi connectivity index (χ1n) is 9.79. The Hall–Kier alpha value is -3.15. The third-order valence-corrected chi connectivity index (χ3v) is 5.98. The molecule has 1 aliphatic carbocycles. The molecule has 0 atom stereocenters. The van der Waals surface area contributed by atoms with Crippen molar-refractivity contribution >= 4 is 28.2 Å². The second-order valence-electron chi connectivity index (χ2n) is 7.78. The van der Waals surface area contributed by atoms with Crippen molar-refractivity contribution in [2.75, 3.05) is 5.32 Å². The molecule has 3 heterocycles. The molecule has 3 aromatic rings. The molecule has 6 heteroatoms. The summed E-state index contributed by atoms with van der Waals surface area (Å²) < 4.78 is 1.72. The second kappa shape index (κ2) is 6.19. The second-order valence-corrected chi connectivity index (χ2v) is 7.78. The lowest BCUT2D eigenvalue weighted by Crippen LogP contribution is -2.48. The van der Waals surface area contributed by atoms with Crippen LogP contribution in [0.1, 0.15) is 48.2 Å². The van der Waals surface area contributed by atoms with Gasteiger partial charge in [0.2, 0.25) is 0 Å². The fourth-order valence-corrected chi connectivity index (χ4v) is 4.69. The number of fused-ring (bicyclic) bond motifs is 3. The first-order chi connectivity index (χ1) is 13.6. The average molecular weight is 374 g/mol. The number of nitrogens with one attached hydrogen (secondary N) is 2. The molecule has 0 radical (unpaired) electrons. The molecule has 1 saturated carbocycles. The van der Waals surface area contributed by atoms with E-state index >= 15 is 0 Å². The van der Waals surface area contributed by atoms with Gasteiger partial charge in [-0.3, -0.25) is 19.1 Å². The van der Waals surface area contributed by atoms with Crippen molar-refractivity contribution in [3.05, 3.63) is 64.2 Å². The summed E-state index contributed by atoms with van der Waals surface area (Å²) in [4.78, 5) is 30.5. The fourth-order valence-electron chi connectivity index (χ4n) is 4.69. The molecule has 0 bridgehead atoms. The van der Waals surface area contributed by atoms with E-state index in [0.717, 1.165) is 54.3 Å². The monoisotopic (exact) mass is 374 g/mol. The lowest BCUT2D eigenvalue weighted by molar-refractivity contribution is 0.0876. The summed E-state index contributed by atoms with van der Waals surface area (Å²) in [7, 11) is 0. The summed E-state index contributed by atoms with van der Waals surface area (Å²) in [5.41, 5.74) is 2.76. The lowest BCUT2D eigenvalue weighted by Gasteiger charge is -2.35. The molecule has 1 aliphatic heterocycles. The zero-order chi connectivity index (χ0) is 19.3. The number of carbonyl (C=O) groups excluding carboxylic acids is 1. The number of nitrogens with zero attached hydrogens (tertiary/aromatic N) is 2. The summed E-state index contributed by atoms with van der Waals surface area (Å²) in [6, 6.07) is 11.5. The predicted molar refractivity (Wildman–Crippen MR) is 109 cm³/mol. The number of hydrogen-bond donors (Lipinski definition) is 2. The van der Waals surface area contributed by atoms with Gasteiger partial charge in [-0.15, -0.1) is 0 Å². The van der Waals surface area contributed by atoms with Crippen LogP contribution in [0, 0.1) is 6.92 Å². The van der Waals surface area contributed by atoms with Crippen LogP contribution in [0.4, 0.5) is 11.4 Å². The molecule has 2 N–H and O–H groups in total. The van der Waals surface area contributed by atoms with Crippen LogP contribution < -0.4 is 16.2 Å². The molecule has 142 valence electrons. The van der Waals surface area contributed by atoms with Crippen LogP contribution in [0.3, 0.4) is 0 Å². The average Bonchev–Trinajstić information content (AvgIpc) is 2.98. The number of pyridine rings is 2. The van der Waals surface area contributed by atoms with Crippen LogP contribution >= 0.6 is 0 Å². The number of anilines is 2. The molecule has 5 rings (SSSR count). The Labute approximate surface area is 162 Å². The van der Waals surface area contributed by atoms with Gasteiger partial charge in [-0.05, 0) is 56.4 Å². The number of aryl methyl sites for hydroxylation is 1. The van der Waals surface area contributed by atoms with Gasteiger partial charge in [-0.2, -0.15) is 0 Å². The molecular weight excluding hydrogens is 352 g/mol. The Bertz CT molecular complexity index is 1150. The Kier molecular flexibility index (Phi) is 3.75. The Morgan fingerprint density at radius 3 is 2.68 bits per heavy atom. The van der Waals surface area contributed by atoms with Crippen molar-refractivity contribution in [2.24, 2.45) is 0 Å². The molecule has 1 fully saturated rings. The van der Waals surface area contributed by atoms with Crippen LogP contribution in [0.25, 0.3) is 10.9 Å². The molecule has 28 heavy (non-hydrogen) atoms. The maximum atomic E-state index is 13.5. The van der Waals surface area contributed by atoms with Crippen LogP contribution in [0.5, 0.6) is 0 Å². The fraction of sp³-hybridized carbons (Fsp3) is 0.318. The van der Waals surface area contributed by atoms with Crippen molar-refractivity contribution < 1.29 is 4.79 Å². The van der Waals surface area contributed by atoms with E-state index in [4.69, 9.17) is 0 Å². The molecule has 2 aromatic heterocycles. The van der Waals surface area contributed by atoms with E-state index in [1.165, 1.54) is 0 Å². The number of aromatic nitrogens is 2. The molecule has 1 amide bonds. The summed E-state index contributed by atoms with van der Waals surface area (Å²) in [6.07, 6.45) is 6.49. The maximum Gasteiger partial charge on any atom is 0.276 e. The molecule has 0 unspecified atom stereocenters. The van der Waals surface area contributed by atoms with Gasteiger partial charge in [-0.1, -0.05) is 24.6 Å². The van der Waals surface area contributed by atoms with Crippen LogP contribution in [0.15, 0.2) is 47.4 Å². The minimum absolute atomic E-state index is 0.141. The standard InChI is InChI=1S/C22H22N4O2/c1-14-13-18(24-17-9-12-23-16-8-4-3-7-15(16)17)21(28)26-19(14)20(27)25-22(26)10-5-2-6-11-22/h3-4,7-9,12-13H,2,5-6,10-11H2,1H3,(H,23,24)(H,25,27). The van der Waals surface area contributed by atoms with E-state index in [1.54, 1.807) is 16.8 Å².